The SMILES string of the molecule is Cn1cnc(S(=O)(=O)Nc2cc(Br)ccc2/C(N)=N/O)c1. The maximum absolute atomic E-state index is 12.2. The van der Waals surface area contributed by atoms with E-state index in [4.69, 9.17) is 10.9 Å². The number of hydrogen-bond donors (Lipinski definition) is 3. The largest absolute Gasteiger partial charge is 0.409 e. The molecule has 112 valence electrons. The maximum Gasteiger partial charge on any atom is 0.280 e. The fraction of sp³-hybridized carbons (Fsp3) is 0.0909. The van der Waals surface area contributed by atoms with Crippen molar-refractivity contribution >= 4 is 37.5 Å². The molecule has 0 saturated carbocycles. The molecule has 0 bridgehead atoms. The van der Waals surface area contributed by atoms with Crippen molar-refractivity contribution in [2.24, 2.45) is 17.9 Å². The molecule has 0 fully saturated rings. The molecule has 21 heavy (non-hydrogen) atoms. The lowest BCUT2D eigenvalue weighted by atomic mass is 10.2. The number of nitrogens with zero attached hydrogens (tertiary/aromatic N) is 3. The van der Waals surface area contributed by atoms with Crippen LogP contribution in [0, 0.1) is 0 Å². The first-order valence-corrected chi connectivity index (χ1v) is 7.89. The molecular formula is C11H12BrN5O3S. The summed E-state index contributed by atoms with van der Waals surface area (Å²) in [7, 11) is -2.21. The first kappa shape index (κ1) is 15.3. The number of rotatable bonds is 4. The molecule has 0 unspecified atom stereocenters. The fourth-order valence-electron chi connectivity index (χ4n) is 1.60. The number of benzene rings is 1. The van der Waals surface area contributed by atoms with Crippen molar-refractivity contribution in [3.8, 4) is 0 Å². The third-order valence-electron chi connectivity index (χ3n) is 2.57. The molecule has 1 aromatic carbocycles. The summed E-state index contributed by atoms with van der Waals surface area (Å²) in [6.45, 7) is 0. The van der Waals surface area contributed by atoms with Crippen molar-refractivity contribution < 1.29 is 13.6 Å². The summed E-state index contributed by atoms with van der Waals surface area (Å²) >= 11 is 3.24. The third kappa shape index (κ3) is 3.34. The lowest BCUT2D eigenvalue weighted by Crippen LogP contribution is -2.19. The Balaban J connectivity index is 2.46. The maximum atomic E-state index is 12.2. The van der Waals surface area contributed by atoms with Gasteiger partial charge in [0.2, 0.25) is 0 Å². The van der Waals surface area contributed by atoms with Crippen molar-refractivity contribution in [3.63, 3.8) is 0 Å². The van der Waals surface area contributed by atoms with Gasteiger partial charge in [0.25, 0.3) is 10.0 Å². The quantitative estimate of drug-likeness (QED) is 0.320. The van der Waals surface area contributed by atoms with E-state index in [1.807, 2.05) is 0 Å². The number of nitrogens with one attached hydrogen (secondary N) is 1. The summed E-state index contributed by atoms with van der Waals surface area (Å²) in [5.41, 5.74) is 5.96. The number of aryl methyl sites for hydroxylation is 1. The highest BCUT2D eigenvalue weighted by atomic mass is 79.9. The van der Waals surface area contributed by atoms with Gasteiger partial charge in [-0.2, -0.15) is 8.42 Å². The molecular weight excluding hydrogens is 362 g/mol. The normalized spacial score (nSPS) is 12.4. The summed E-state index contributed by atoms with van der Waals surface area (Å²) in [5, 5.41) is 11.5. The van der Waals surface area contributed by atoms with Gasteiger partial charge in [-0.05, 0) is 18.2 Å². The number of imidazole rings is 1. The number of amidine groups is 1. The first-order chi connectivity index (χ1) is 9.83. The number of anilines is 1. The molecule has 2 aromatic rings. The highest BCUT2D eigenvalue weighted by Crippen LogP contribution is 2.24. The minimum Gasteiger partial charge on any atom is -0.409 e. The van der Waals surface area contributed by atoms with Gasteiger partial charge in [-0.15, -0.1) is 0 Å². The van der Waals surface area contributed by atoms with Crippen LogP contribution in [0.4, 0.5) is 5.69 Å². The highest BCUT2D eigenvalue weighted by molar-refractivity contribution is 9.10. The number of aromatic nitrogens is 2. The van der Waals surface area contributed by atoms with E-state index in [2.05, 4.69) is 30.8 Å². The number of sulfonamides is 1. The van der Waals surface area contributed by atoms with Crippen molar-refractivity contribution in [1.29, 1.82) is 0 Å². The van der Waals surface area contributed by atoms with Crippen LogP contribution in [-0.4, -0.2) is 29.0 Å². The van der Waals surface area contributed by atoms with Gasteiger partial charge < -0.3 is 15.5 Å². The highest BCUT2D eigenvalue weighted by Gasteiger charge is 2.20. The topological polar surface area (TPSA) is 123 Å². The Morgan fingerprint density at radius 2 is 2.24 bits per heavy atom. The second-order valence-corrected chi connectivity index (χ2v) is 6.70. The molecule has 4 N–H and O–H groups in total. The molecule has 0 saturated heterocycles. The monoisotopic (exact) mass is 373 g/mol. The van der Waals surface area contributed by atoms with Crippen LogP contribution >= 0.6 is 15.9 Å². The molecule has 1 aromatic heterocycles. The summed E-state index contributed by atoms with van der Waals surface area (Å²) in [6, 6.07) is 4.68. The molecule has 10 heteroatoms. The molecule has 0 amide bonds. The van der Waals surface area contributed by atoms with E-state index in [9.17, 15) is 8.42 Å². The Bertz CT molecular complexity index is 800. The smallest absolute Gasteiger partial charge is 0.280 e. The third-order valence-corrected chi connectivity index (χ3v) is 4.31. The van der Waals surface area contributed by atoms with Crippen LogP contribution in [-0.2, 0) is 17.1 Å². The van der Waals surface area contributed by atoms with Crippen LogP contribution in [0.1, 0.15) is 5.56 Å². The molecule has 8 nitrogen and oxygen atoms in total. The van der Waals surface area contributed by atoms with Gasteiger partial charge in [0.1, 0.15) is 0 Å². The second-order valence-electron chi connectivity index (χ2n) is 4.16. The van der Waals surface area contributed by atoms with E-state index in [0.717, 1.165) is 0 Å². The Kier molecular flexibility index (Phi) is 4.19. The average molecular weight is 374 g/mol. The van der Waals surface area contributed by atoms with Gasteiger partial charge in [0.15, 0.2) is 10.9 Å². The molecule has 0 atom stereocenters. The predicted molar refractivity (Wildman–Crippen MR) is 80.7 cm³/mol. The van der Waals surface area contributed by atoms with E-state index in [-0.39, 0.29) is 22.1 Å². The zero-order chi connectivity index (χ0) is 15.6. The van der Waals surface area contributed by atoms with Crippen molar-refractivity contribution in [1.82, 2.24) is 9.55 Å². The molecule has 0 aliphatic rings. The Hall–Kier alpha value is -2.07. The van der Waals surface area contributed by atoms with Crippen LogP contribution in [0.15, 0.2) is 45.4 Å². The molecule has 1 heterocycles. The van der Waals surface area contributed by atoms with E-state index < -0.39 is 10.0 Å². The summed E-state index contributed by atoms with van der Waals surface area (Å²) < 4.78 is 29.0. The van der Waals surface area contributed by atoms with Crippen LogP contribution in [0.25, 0.3) is 0 Å². The molecule has 0 aliphatic heterocycles. The van der Waals surface area contributed by atoms with Crippen molar-refractivity contribution in [2.75, 3.05) is 4.72 Å². The number of nitrogens with two attached hydrogens (primary N) is 1. The number of oxime groups is 1. The van der Waals surface area contributed by atoms with E-state index in [0.29, 0.717) is 4.47 Å². The summed E-state index contributed by atoms with van der Waals surface area (Å²) in [6.07, 6.45) is 2.74. The van der Waals surface area contributed by atoms with Crippen LogP contribution in [0.3, 0.4) is 0 Å². The standard InChI is InChI=1S/C11H12BrN5O3S/c1-17-5-10(14-6-17)21(19,20)16-9-4-7(12)2-3-8(9)11(13)15-18/h2-6,16,18H,1H3,(H2,13,15). The lowest BCUT2D eigenvalue weighted by Gasteiger charge is -2.11. The first-order valence-electron chi connectivity index (χ1n) is 5.61. The van der Waals surface area contributed by atoms with E-state index in [1.165, 1.54) is 29.2 Å². The van der Waals surface area contributed by atoms with E-state index in [1.54, 1.807) is 13.1 Å². The van der Waals surface area contributed by atoms with Crippen molar-refractivity contribution in [2.45, 2.75) is 5.03 Å². The van der Waals surface area contributed by atoms with Crippen molar-refractivity contribution in [3.05, 3.63) is 40.8 Å². The van der Waals surface area contributed by atoms with Crippen LogP contribution in [0.5, 0.6) is 0 Å². The lowest BCUT2D eigenvalue weighted by molar-refractivity contribution is 0.318. The van der Waals surface area contributed by atoms with Gasteiger partial charge in [0.05, 0.1) is 12.0 Å². The molecule has 0 aliphatic carbocycles. The van der Waals surface area contributed by atoms with Crippen LogP contribution < -0.4 is 10.5 Å². The second kappa shape index (κ2) is 5.74. The summed E-state index contributed by atoms with van der Waals surface area (Å²) in [5.74, 6) is -0.207. The van der Waals surface area contributed by atoms with E-state index >= 15 is 0 Å². The minimum atomic E-state index is -3.87. The predicted octanol–water partition coefficient (Wildman–Crippen LogP) is 1.08. The molecule has 0 spiro atoms. The number of hydrogen-bond acceptors (Lipinski definition) is 5. The minimum absolute atomic E-state index is 0.129. The Morgan fingerprint density at radius 3 is 2.81 bits per heavy atom. The zero-order valence-corrected chi connectivity index (χ0v) is 13.3. The van der Waals surface area contributed by atoms with Gasteiger partial charge in [-0.3, -0.25) is 4.72 Å². The average Bonchev–Trinajstić information content (AvgIpc) is 2.85. The number of halogens is 1. The van der Waals surface area contributed by atoms with Gasteiger partial charge in [0, 0.05) is 23.3 Å². The molecule has 2 rings (SSSR count). The Morgan fingerprint density at radius 1 is 1.52 bits per heavy atom. The van der Waals surface area contributed by atoms with Gasteiger partial charge >= 0.3 is 0 Å². The fourth-order valence-corrected chi connectivity index (χ4v) is 3.02. The van der Waals surface area contributed by atoms with Gasteiger partial charge in [-0.1, -0.05) is 21.1 Å². The Labute approximate surface area is 129 Å². The van der Waals surface area contributed by atoms with Crippen LogP contribution in [0.2, 0.25) is 0 Å². The van der Waals surface area contributed by atoms with Gasteiger partial charge in [-0.25, -0.2) is 4.98 Å². The summed E-state index contributed by atoms with van der Waals surface area (Å²) in [4.78, 5) is 3.79. The zero-order valence-electron chi connectivity index (χ0n) is 10.9. The molecule has 0 radical (unpaired) electrons.